The second-order valence-corrected chi connectivity index (χ2v) is 5.87. The van der Waals surface area contributed by atoms with E-state index in [4.69, 9.17) is 15.8 Å². The topological polar surface area (TPSA) is 71.4 Å². The van der Waals surface area contributed by atoms with Crippen molar-refractivity contribution in [2.75, 3.05) is 0 Å². The molecule has 0 aliphatic rings. The average molecular weight is 318 g/mol. The highest BCUT2D eigenvalue weighted by Gasteiger charge is 2.19. The molecule has 0 bridgehead atoms. The van der Waals surface area contributed by atoms with Crippen molar-refractivity contribution in [2.24, 2.45) is 0 Å². The molecule has 0 saturated heterocycles. The van der Waals surface area contributed by atoms with Crippen LogP contribution in [-0.2, 0) is 9.05 Å². The lowest BCUT2D eigenvalue weighted by Gasteiger charge is -2.03. The smallest absolute Gasteiger partial charge is 0.336 e. The number of carbonyl (C=O) groups is 1. The molecule has 4 nitrogen and oxygen atoms in total. The van der Waals surface area contributed by atoms with Crippen molar-refractivity contribution in [3.63, 3.8) is 0 Å². The number of aromatic carboxylic acids is 1. The van der Waals surface area contributed by atoms with E-state index in [1.807, 2.05) is 0 Å². The maximum absolute atomic E-state index is 13.1. The van der Waals surface area contributed by atoms with E-state index in [1.54, 1.807) is 0 Å². The highest BCUT2D eigenvalue weighted by atomic mass is 79.9. The van der Waals surface area contributed by atoms with Gasteiger partial charge >= 0.3 is 5.97 Å². The first-order chi connectivity index (χ1) is 6.73. The third kappa shape index (κ3) is 2.67. The first-order valence-corrected chi connectivity index (χ1v) is 6.50. The number of halogens is 3. The van der Waals surface area contributed by atoms with Crippen molar-refractivity contribution < 1.29 is 22.7 Å². The molecule has 0 radical (unpaired) electrons. The first-order valence-electron chi connectivity index (χ1n) is 3.40. The fourth-order valence-corrected chi connectivity index (χ4v) is 2.03. The summed E-state index contributed by atoms with van der Waals surface area (Å²) >= 11 is 2.69. The minimum absolute atomic E-state index is 0.320. The lowest BCUT2D eigenvalue weighted by atomic mass is 10.2. The van der Waals surface area contributed by atoms with Crippen LogP contribution in [0.3, 0.4) is 0 Å². The number of carboxylic acids is 1. The van der Waals surface area contributed by atoms with Gasteiger partial charge in [-0.3, -0.25) is 0 Å². The van der Waals surface area contributed by atoms with E-state index in [0.29, 0.717) is 6.07 Å². The summed E-state index contributed by atoms with van der Waals surface area (Å²) in [6.45, 7) is 0. The van der Waals surface area contributed by atoms with Gasteiger partial charge in [0.05, 0.1) is 14.9 Å². The van der Waals surface area contributed by atoms with Crippen LogP contribution < -0.4 is 0 Å². The number of benzene rings is 1. The Morgan fingerprint density at radius 2 is 2.00 bits per heavy atom. The second kappa shape index (κ2) is 4.07. The highest BCUT2D eigenvalue weighted by molar-refractivity contribution is 9.10. The van der Waals surface area contributed by atoms with Crippen molar-refractivity contribution in [3.05, 3.63) is 28.0 Å². The van der Waals surface area contributed by atoms with Gasteiger partial charge in [0.15, 0.2) is 0 Å². The Morgan fingerprint density at radius 3 is 2.40 bits per heavy atom. The molecular weight excluding hydrogens is 314 g/mol. The Kier molecular flexibility index (Phi) is 3.37. The monoisotopic (exact) mass is 316 g/mol. The Hall–Kier alpha value is -0.660. The average Bonchev–Trinajstić information content (AvgIpc) is 2.06. The Bertz CT molecular complexity index is 528. The third-order valence-electron chi connectivity index (χ3n) is 1.51. The van der Waals surface area contributed by atoms with Crippen molar-refractivity contribution in [1.82, 2.24) is 0 Å². The minimum atomic E-state index is -4.15. The third-order valence-corrected chi connectivity index (χ3v) is 3.65. The van der Waals surface area contributed by atoms with Gasteiger partial charge in [-0.25, -0.2) is 17.6 Å². The lowest BCUT2D eigenvalue weighted by molar-refractivity contribution is 0.0695. The molecule has 1 aromatic carbocycles. The first kappa shape index (κ1) is 12.4. The molecule has 1 rings (SSSR count). The van der Waals surface area contributed by atoms with Crippen LogP contribution in [0.1, 0.15) is 10.4 Å². The van der Waals surface area contributed by atoms with Crippen molar-refractivity contribution in [1.29, 1.82) is 0 Å². The number of rotatable bonds is 2. The quantitative estimate of drug-likeness (QED) is 0.849. The summed E-state index contributed by atoms with van der Waals surface area (Å²) in [5.41, 5.74) is -0.505. The Morgan fingerprint density at radius 1 is 1.47 bits per heavy atom. The van der Waals surface area contributed by atoms with Gasteiger partial charge in [-0.05, 0) is 28.1 Å². The van der Waals surface area contributed by atoms with Crippen LogP contribution in [-0.4, -0.2) is 19.5 Å². The highest BCUT2D eigenvalue weighted by Crippen LogP contribution is 2.26. The summed E-state index contributed by atoms with van der Waals surface area (Å²) in [6.07, 6.45) is 0. The molecule has 1 N–H and O–H groups in total. The zero-order valence-electron chi connectivity index (χ0n) is 6.87. The van der Waals surface area contributed by atoms with E-state index in [0.717, 1.165) is 6.07 Å². The molecule has 0 aromatic heterocycles. The van der Waals surface area contributed by atoms with Crippen LogP contribution >= 0.6 is 26.6 Å². The maximum Gasteiger partial charge on any atom is 0.336 e. The fourth-order valence-electron chi connectivity index (χ4n) is 0.861. The molecule has 0 aliphatic heterocycles. The van der Waals surface area contributed by atoms with Gasteiger partial charge in [0.25, 0.3) is 9.05 Å². The molecule has 0 spiro atoms. The van der Waals surface area contributed by atoms with E-state index in [9.17, 15) is 17.6 Å². The molecule has 0 unspecified atom stereocenters. The summed E-state index contributed by atoms with van der Waals surface area (Å²) < 4.78 is 34.5. The van der Waals surface area contributed by atoms with Gasteiger partial charge in [-0.1, -0.05) is 0 Å². The minimum Gasteiger partial charge on any atom is -0.478 e. The Labute approximate surface area is 97.2 Å². The van der Waals surface area contributed by atoms with Gasteiger partial charge in [0.1, 0.15) is 5.82 Å². The normalized spacial score (nSPS) is 11.4. The lowest BCUT2D eigenvalue weighted by Crippen LogP contribution is -2.03. The molecule has 0 heterocycles. The molecule has 1 aromatic rings. The van der Waals surface area contributed by atoms with Gasteiger partial charge < -0.3 is 5.11 Å². The predicted octanol–water partition coefficient (Wildman–Crippen LogP) is 2.21. The van der Waals surface area contributed by atoms with Crippen LogP contribution in [0.25, 0.3) is 0 Å². The fraction of sp³-hybridized carbons (Fsp3) is 0. The summed E-state index contributed by atoms with van der Waals surface area (Å²) in [5, 5.41) is 8.65. The summed E-state index contributed by atoms with van der Waals surface area (Å²) in [7, 11) is 0.807. The zero-order chi connectivity index (χ0) is 11.8. The van der Waals surface area contributed by atoms with Crippen LogP contribution in [0, 0.1) is 5.82 Å². The van der Waals surface area contributed by atoms with E-state index < -0.39 is 31.3 Å². The van der Waals surface area contributed by atoms with Gasteiger partial charge in [-0.15, -0.1) is 0 Å². The molecule has 0 fully saturated rings. The van der Waals surface area contributed by atoms with Gasteiger partial charge in [0, 0.05) is 10.7 Å². The number of hydrogen-bond acceptors (Lipinski definition) is 3. The summed E-state index contributed by atoms with van der Waals surface area (Å²) in [6, 6.07) is 1.41. The van der Waals surface area contributed by atoms with E-state index in [2.05, 4.69) is 15.9 Å². The number of carboxylic acid groups (broad SMARTS) is 1. The van der Waals surface area contributed by atoms with Gasteiger partial charge in [0.2, 0.25) is 0 Å². The van der Waals surface area contributed by atoms with E-state index >= 15 is 0 Å². The largest absolute Gasteiger partial charge is 0.478 e. The molecule has 0 aliphatic carbocycles. The van der Waals surface area contributed by atoms with E-state index in [-0.39, 0.29) is 4.47 Å². The summed E-state index contributed by atoms with van der Waals surface area (Å²) in [5.74, 6) is -2.46. The molecule has 15 heavy (non-hydrogen) atoms. The Balaban J connectivity index is 3.57. The van der Waals surface area contributed by atoms with Gasteiger partial charge in [-0.2, -0.15) is 0 Å². The second-order valence-electron chi connectivity index (χ2n) is 2.51. The van der Waals surface area contributed by atoms with Crippen LogP contribution in [0.5, 0.6) is 0 Å². The maximum atomic E-state index is 13.1. The van der Waals surface area contributed by atoms with Crippen molar-refractivity contribution in [3.8, 4) is 0 Å². The summed E-state index contributed by atoms with van der Waals surface area (Å²) in [4.78, 5) is 10.0. The van der Waals surface area contributed by atoms with Crippen LogP contribution in [0.15, 0.2) is 21.5 Å². The predicted molar refractivity (Wildman–Crippen MR) is 54.1 cm³/mol. The van der Waals surface area contributed by atoms with E-state index in [1.165, 1.54) is 0 Å². The molecule has 82 valence electrons. The molecule has 0 saturated carbocycles. The van der Waals surface area contributed by atoms with Crippen LogP contribution in [0.4, 0.5) is 4.39 Å². The zero-order valence-corrected chi connectivity index (χ0v) is 10.0. The van der Waals surface area contributed by atoms with Crippen molar-refractivity contribution >= 4 is 41.6 Å². The molecule has 8 heteroatoms. The van der Waals surface area contributed by atoms with Crippen molar-refractivity contribution in [2.45, 2.75) is 4.90 Å². The van der Waals surface area contributed by atoms with Crippen LogP contribution in [0.2, 0.25) is 0 Å². The number of hydrogen-bond donors (Lipinski definition) is 1. The molecular formula is C7H3BrClFO4S. The standard InChI is InChI=1S/C7H3BrClFO4S/c8-6-4(7(11)12)1-3(2-5(6)10)15(9,13)14/h1-2H,(H,11,12). The molecule has 0 atom stereocenters. The SMILES string of the molecule is O=C(O)c1cc(S(=O)(=O)Cl)cc(F)c1Br. The molecule has 0 amide bonds.